The number of aliphatic imine (C=N–C) groups is 1. The molecule has 2 heteroatoms. The number of nitrogens with two attached hydrogens (primary N) is 1. The summed E-state index contributed by atoms with van der Waals surface area (Å²) in [5.41, 5.74) is 9.33. The van der Waals surface area contributed by atoms with E-state index in [1.54, 1.807) is 6.20 Å². The van der Waals surface area contributed by atoms with E-state index in [1.165, 1.54) is 29.7 Å². The standard InChI is InChI=1S/C14H18N2/c15-10-13-8-4-5-9-14(13)16-11-12-6-2-1-3-7-12/h1-3,6-7,10H,4-5,8-9,11,15H2. The Labute approximate surface area is 96.9 Å². The summed E-state index contributed by atoms with van der Waals surface area (Å²) in [6.07, 6.45) is 6.38. The van der Waals surface area contributed by atoms with Crippen LogP contribution >= 0.6 is 0 Å². The topological polar surface area (TPSA) is 38.4 Å². The maximum absolute atomic E-state index is 5.62. The quantitative estimate of drug-likeness (QED) is 0.807. The van der Waals surface area contributed by atoms with Gasteiger partial charge >= 0.3 is 0 Å². The number of hydrogen-bond donors (Lipinski definition) is 1. The third-order valence-electron chi connectivity index (χ3n) is 2.98. The van der Waals surface area contributed by atoms with E-state index < -0.39 is 0 Å². The van der Waals surface area contributed by atoms with Crippen LogP contribution in [0.4, 0.5) is 0 Å². The van der Waals surface area contributed by atoms with Crippen molar-refractivity contribution in [2.75, 3.05) is 0 Å². The molecule has 0 bridgehead atoms. The lowest BCUT2D eigenvalue weighted by Gasteiger charge is -2.16. The van der Waals surface area contributed by atoms with Crippen molar-refractivity contribution >= 4 is 5.71 Å². The minimum atomic E-state index is 0.771. The van der Waals surface area contributed by atoms with Crippen molar-refractivity contribution in [3.05, 3.63) is 47.7 Å². The first-order chi connectivity index (χ1) is 7.90. The number of benzene rings is 1. The second-order valence-electron chi connectivity index (χ2n) is 4.15. The molecule has 16 heavy (non-hydrogen) atoms. The molecule has 1 aliphatic carbocycles. The van der Waals surface area contributed by atoms with Gasteiger partial charge in [-0.25, -0.2) is 0 Å². The zero-order chi connectivity index (χ0) is 11.2. The van der Waals surface area contributed by atoms with Crippen LogP contribution < -0.4 is 5.73 Å². The molecular weight excluding hydrogens is 196 g/mol. The Bertz CT molecular complexity index is 390. The number of rotatable bonds is 2. The van der Waals surface area contributed by atoms with Crippen molar-refractivity contribution in [2.45, 2.75) is 32.2 Å². The highest BCUT2D eigenvalue weighted by Gasteiger charge is 2.11. The lowest BCUT2D eigenvalue weighted by Crippen LogP contribution is -2.11. The molecule has 2 N–H and O–H groups in total. The number of hydrogen-bond acceptors (Lipinski definition) is 2. The zero-order valence-corrected chi connectivity index (χ0v) is 9.52. The third kappa shape index (κ3) is 2.72. The lowest BCUT2D eigenvalue weighted by atomic mass is 9.93. The van der Waals surface area contributed by atoms with Crippen molar-refractivity contribution in [1.82, 2.24) is 0 Å². The van der Waals surface area contributed by atoms with E-state index >= 15 is 0 Å². The zero-order valence-electron chi connectivity index (χ0n) is 9.52. The summed E-state index contributed by atoms with van der Waals surface area (Å²) < 4.78 is 0. The largest absolute Gasteiger partial charge is 0.404 e. The van der Waals surface area contributed by atoms with E-state index in [-0.39, 0.29) is 0 Å². The Morgan fingerprint density at radius 3 is 2.62 bits per heavy atom. The maximum Gasteiger partial charge on any atom is 0.0643 e. The van der Waals surface area contributed by atoms with Gasteiger partial charge in [-0.2, -0.15) is 0 Å². The van der Waals surface area contributed by atoms with Crippen molar-refractivity contribution in [2.24, 2.45) is 10.7 Å². The average Bonchev–Trinajstić information content (AvgIpc) is 2.38. The molecule has 0 aromatic heterocycles. The minimum absolute atomic E-state index is 0.771. The molecule has 0 saturated heterocycles. The number of allylic oxidation sites excluding steroid dienone is 1. The van der Waals surface area contributed by atoms with Gasteiger partial charge in [0.2, 0.25) is 0 Å². The number of nitrogens with zero attached hydrogens (tertiary/aromatic N) is 1. The van der Waals surface area contributed by atoms with Crippen LogP contribution in [-0.2, 0) is 6.54 Å². The molecule has 0 atom stereocenters. The molecule has 2 nitrogen and oxygen atoms in total. The van der Waals surface area contributed by atoms with Gasteiger partial charge in [-0.3, -0.25) is 4.99 Å². The Balaban J connectivity index is 2.06. The van der Waals surface area contributed by atoms with Crippen LogP contribution in [0, 0.1) is 0 Å². The SMILES string of the molecule is NC=C1CCCCC1=NCc1ccccc1. The molecular formula is C14H18N2. The fourth-order valence-corrected chi connectivity index (χ4v) is 2.04. The molecule has 0 amide bonds. The molecule has 1 aromatic carbocycles. The lowest BCUT2D eigenvalue weighted by molar-refractivity contribution is 0.727. The van der Waals surface area contributed by atoms with Gasteiger partial charge in [0.25, 0.3) is 0 Å². The van der Waals surface area contributed by atoms with E-state index in [4.69, 9.17) is 5.73 Å². The smallest absolute Gasteiger partial charge is 0.0643 e. The van der Waals surface area contributed by atoms with Crippen LogP contribution in [0.15, 0.2) is 47.1 Å². The average molecular weight is 214 g/mol. The Morgan fingerprint density at radius 2 is 1.88 bits per heavy atom. The van der Waals surface area contributed by atoms with Gasteiger partial charge < -0.3 is 5.73 Å². The van der Waals surface area contributed by atoms with Gasteiger partial charge in [0.15, 0.2) is 0 Å². The highest BCUT2D eigenvalue weighted by molar-refractivity contribution is 6.00. The molecule has 0 heterocycles. The van der Waals surface area contributed by atoms with Gasteiger partial charge in [0.05, 0.1) is 6.54 Å². The molecule has 84 valence electrons. The van der Waals surface area contributed by atoms with Crippen molar-refractivity contribution in [1.29, 1.82) is 0 Å². The molecule has 1 aliphatic rings. The summed E-state index contributed by atoms with van der Waals surface area (Å²) in [6, 6.07) is 10.4. The Kier molecular flexibility index (Phi) is 3.76. The van der Waals surface area contributed by atoms with Crippen LogP contribution in [0.3, 0.4) is 0 Å². The summed E-state index contributed by atoms with van der Waals surface area (Å²) in [7, 11) is 0. The van der Waals surface area contributed by atoms with Gasteiger partial charge in [-0.05, 0) is 43.0 Å². The second kappa shape index (κ2) is 5.50. The van der Waals surface area contributed by atoms with Crippen LogP contribution in [0.1, 0.15) is 31.2 Å². The molecule has 0 unspecified atom stereocenters. The van der Waals surface area contributed by atoms with Crippen LogP contribution in [0.2, 0.25) is 0 Å². The van der Waals surface area contributed by atoms with Crippen molar-refractivity contribution in [3.63, 3.8) is 0 Å². The first-order valence-electron chi connectivity index (χ1n) is 5.88. The predicted octanol–water partition coefficient (Wildman–Crippen LogP) is 3.04. The third-order valence-corrected chi connectivity index (χ3v) is 2.98. The first kappa shape index (κ1) is 10.9. The highest BCUT2D eigenvalue weighted by atomic mass is 14.7. The van der Waals surface area contributed by atoms with Gasteiger partial charge in [-0.15, -0.1) is 0 Å². The van der Waals surface area contributed by atoms with Gasteiger partial charge in [-0.1, -0.05) is 30.3 Å². The molecule has 2 rings (SSSR count). The van der Waals surface area contributed by atoms with Crippen LogP contribution in [0.5, 0.6) is 0 Å². The summed E-state index contributed by atoms with van der Waals surface area (Å²) in [6.45, 7) is 0.771. The summed E-state index contributed by atoms with van der Waals surface area (Å²) in [5.74, 6) is 0. The molecule has 1 saturated carbocycles. The highest BCUT2D eigenvalue weighted by Crippen LogP contribution is 2.20. The maximum atomic E-state index is 5.62. The molecule has 0 spiro atoms. The fraction of sp³-hybridized carbons (Fsp3) is 0.357. The predicted molar refractivity (Wildman–Crippen MR) is 68.3 cm³/mol. The second-order valence-corrected chi connectivity index (χ2v) is 4.15. The van der Waals surface area contributed by atoms with E-state index in [2.05, 4.69) is 29.3 Å². The molecule has 1 aromatic rings. The normalized spacial score (nSPS) is 21.5. The summed E-state index contributed by atoms with van der Waals surface area (Å²) >= 11 is 0. The van der Waals surface area contributed by atoms with Gasteiger partial charge in [0.1, 0.15) is 0 Å². The minimum Gasteiger partial charge on any atom is -0.404 e. The van der Waals surface area contributed by atoms with Gasteiger partial charge in [0, 0.05) is 5.71 Å². The van der Waals surface area contributed by atoms with Crippen molar-refractivity contribution in [3.8, 4) is 0 Å². The Hall–Kier alpha value is -1.57. The molecule has 0 aliphatic heterocycles. The van der Waals surface area contributed by atoms with E-state index in [0.29, 0.717) is 0 Å². The fourth-order valence-electron chi connectivity index (χ4n) is 2.04. The van der Waals surface area contributed by atoms with Crippen LogP contribution in [-0.4, -0.2) is 5.71 Å². The summed E-state index contributed by atoms with van der Waals surface area (Å²) in [5, 5.41) is 0. The van der Waals surface area contributed by atoms with E-state index in [0.717, 1.165) is 19.4 Å². The van der Waals surface area contributed by atoms with Crippen LogP contribution in [0.25, 0.3) is 0 Å². The first-order valence-corrected chi connectivity index (χ1v) is 5.88. The van der Waals surface area contributed by atoms with Crippen molar-refractivity contribution < 1.29 is 0 Å². The summed E-state index contributed by atoms with van der Waals surface area (Å²) in [4.78, 5) is 4.67. The molecule has 1 fully saturated rings. The van der Waals surface area contributed by atoms with E-state index in [1.807, 2.05) is 6.07 Å². The molecule has 0 radical (unpaired) electrons. The monoisotopic (exact) mass is 214 g/mol. The Morgan fingerprint density at radius 1 is 1.12 bits per heavy atom. The van der Waals surface area contributed by atoms with E-state index in [9.17, 15) is 0 Å².